The van der Waals surface area contributed by atoms with E-state index in [-0.39, 0.29) is 17.9 Å². The third kappa shape index (κ3) is 3.42. The highest BCUT2D eigenvalue weighted by atomic mass is 79.9. The minimum absolute atomic E-state index is 0.0553. The fourth-order valence-electron chi connectivity index (χ4n) is 1.45. The van der Waals surface area contributed by atoms with Crippen LogP contribution in [-0.4, -0.2) is 30.7 Å². The molecule has 19 heavy (non-hydrogen) atoms. The number of hydrogen-bond acceptors (Lipinski definition) is 4. The van der Waals surface area contributed by atoms with E-state index in [2.05, 4.69) is 20.7 Å². The Morgan fingerprint density at radius 2 is 2.16 bits per heavy atom. The summed E-state index contributed by atoms with van der Waals surface area (Å²) in [5.74, 6) is -5.77. The Hall–Kier alpha value is -1.21. The van der Waals surface area contributed by atoms with Crippen molar-refractivity contribution in [3.05, 3.63) is 28.2 Å². The number of rotatable bonds is 5. The average Bonchev–Trinajstić information content (AvgIpc) is 2.38. The lowest BCUT2D eigenvalue weighted by molar-refractivity contribution is -0.189. The third-order valence-corrected chi connectivity index (χ3v) is 2.87. The zero-order chi connectivity index (χ0) is 14.6. The average molecular weight is 339 g/mol. The molecule has 106 valence electrons. The molecule has 1 aromatic rings. The van der Waals surface area contributed by atoms with Gasteiger partial charge in [0.15, 0.2) is 6.10 Å². The molecule has 1 N–H and O–H groups in total. The first-order valence-electron chi connectivity index (χ1n) is 5.41. The summed E-state index contributed by atoms with van der Waals surface area (Å²) < 4.78 is 37.1. The Bertz CT molecular complexity index is 465. The highest BCUT2D eigenvalue weighted by molar-refractivity contribution is 9.10. The number of halogens is 3. The van der Waals surface area contributed by atoms with Crippen molar-refractivity contribution in [2.45, 2.75) is 19.0 Å². The molecule has 0 aromatic heterocycles. The van der Waals surface area contributed by atoms with Crippen molar-refractivity contribution in [2.75, 3.05) is 13.7 Å². The van der Waals surface area contributed by atoms with Crippen LogP contribution in [0.1, 0.15) is 18.6 Å². The molecule has 1 rings (SSSR count). The van der Waals surface area contributed by atoms with Crippen molar-refractivity contribution in [3.63, 3.8) is 0 Å². The second-order valence-corrected chi connectivity index (χ2v) is 4.55. The van der Waals surface area contributed by atoms with Gasteiger partial charge < -0.3 is 14.6 Å². The molecule has 1 unspecified atom stereocenters. The summed E-state index contributed by atoms with van der Waals surface area (Å²) in [6.45, 7) is 1.21. The van der Waals surface area contributed by atoms with Gasteiger partial charge in [-0.1, -0.05) is 15.9 Å². The molecular formula is C12H13BrF2O4. The van der Waals surface area contributed by atoms with E-state index in [9.17, 15) is 18.7 Å². The number of benzene rings is 1. The molecule has 0 aliphatic carbocycles. The maximum absolute atomic E-state index is 13.7. The van der Waals surface area contributed by atoms with Crippen molar-refractivity contribution in [3.8, 4) is 5.75 Å². The fourth-order valence-corrected chi connectivity index (χ4v) is 1.83. The van der Waals surface area contributed by atoms with Crippen LogP contribution in [0.25, 0.3) is 0 Å². The van der Waals surface area contributed by atoms with E-state index < -0.39 is 18.0 Å². The largest absolute Gasteiger partial charge is 0.496 e. The number of aliphatic hydroxyl groups is 1. The van der Waals surface area contributed by atoms with Crippen LogP contribution in [0.2, 0.25) is 0 Å². The van der Waals surface area contributed by atoms with Gasteiger partial charge in [-0.25, -0.2) is 4.79 Å². The first-order valence-corrected chi connectivity index (χ1v) is 6.20. The number of alkyl halides is 2. The SMILES string of the molecule is CCOC(=O)C(F)(F)C(O)c1cc(Br)ccc1OC. The first kappa shape index (κ1) is 15.8. The number of methoxy groups -OCH3 is 1. The second kappa shape index (κ2) is 6.29. The van der Waals surface area contributed by atoms with Crippen LogP contribution < -0.4 is 4.74 Å². The minimum Gasteiger partial charge on any atom is -0.496 e. The number of hydrogen-bond donors (Lipinski definition) is 1. The maximum Gasteiger partial charge on any atom is 0.380 e. The molecule has 0 radical (unpaired) electrons. The highest BCUT2D eigenvalue weighted by Crippen LogP contribution is 2.38. The third-order valence-electron chi connectivity index (χ3n) is 2.38. The van der Waals surface area contributed by atoms with E-state index >= 15 is 0 Å². The van der Waals surface area contributed by atoms with Crippen molar-refractivity contribution >= 4 is 21.9 Å². The van der Waals surface area contributed by atoms with Gasteiger partial charge in [-0.15, -0.1) is 0 Å². The van der Waals surface area contributed by atoms with Gasteiger partial charge in [-0.05, 0) is 25.1 Å². The Morgan fingerprint density at radius 1 is 1.53 bits per heavy atom. The summed E-state index contributed by atoms with van der Waals surface area (Å²) in [6, 6.07) is 4.23. The Labute approximate surface area is 117 Å². The summed E-state index contributed by atoms with van der Waals surface area (Å²) in [5.41, 5.74) is -0.199. The maximum atomic E-state index is 13.7. The lowest BCUT2D eigenvalue weighted by Crippen LogP contribution is -2.37. The number of aliphatic hydroxyl groups excluding tert-OH is 1. The van der Waals surface area contributed by atoms with Gasteiger partial charge in [-0.2, -0.15) is 8.78 Å². The van der Waals surface area contributed by atoms with Crippen molar-refractivity contribution in [1.29, 1.82) is 0 Å². The topological polar surface area (TPSA) is 55.8 Å². The van der Waals surface area contributed by atoms with E-state index in [1.54, 1.807) is 6.07 Å². The van der Waals surface area contributed by atoms with Crippen LogP contribution in [0.15, 0.2) is 22.7 Å². The van der Waals surface area contributed by atoms with E-state index in [0.29, 0.717) is 4.47 Å². The van der Waals surface area contributed by atoms with Crippen LogP contribution in [0, 0.1) is 0 Å². The molecule has 0 bridgehead atoms. The lowest BCUT2D eigenvalue weighted by atomic mass is 10.0. The van der Waals surface area contributed by atoms with Crippen LogP contribution in [0.4, 0.5) is 8.78 Å². The van der Waals surface area contributed by atoms with Gasteiger partial charge in [0, 0.05) is 10.0 Å². The summed E-state index contributed by atoms with van der Waals surface area (Å²) in [5, 5.41) is 9.73. The number of carbonyl (C=O) groups excluding carboxylic acids is 1. The number of carbonyl (C=O) groups is 1. The van der Waals surface area contributed by atoms with Gasteiger partial charge in [0.1, 0.15) is 5.75 Å². The van der Waals surface area contributed by atoms with Gasteiger partial charge in [0.05, 0.1) is 13.7 Å². The van der Waals surface area contributed by atoms with Crippen LogP contribution in [0.3, 0.4) is 0 Å². The molecule has 0 saturated heterocycles. The van der Waals surface area contributed by atoms with E-state index in [4.69, 9.17) is 4.74 Å². The molecule has 0 spiro atoms. The molecule has 1 atom stereocenters. The fraction of sp³-hybridized carbons (Fsp3) is 0.417. The van der Waals surface area contributed by atoms with Crippen LogP contribution in [-0.2, 0) is 9.53 Å². The molecule has 0 saturated carbocycles. The highest BCUT2D eigenvalue weighted by Gasteiger charge is 2.50. The zero-order valence-electron chi connectivity index (χ0n) is 10.3. The van der Waals surface area contributed by atoms with Gasteiger partial charge in [0.2, 0.25) is 0 Å². The minimum atomic E-state index is -4.05. The Balaban J connectivity index is 3.14. The van der Waals surface area contributed by atoms with E-state index in [0.717, 1.165) is 0 Å². The van der Waals surface area contributed by atoms with Gasteiger partial charge in [-0.3, -0.25) is 0 Å². The van der Waals surface area contributed by atoms with Crippen molar-refractivity contribution in [1.82, 2.24) is 0 Å². The molecule has 0 aliphatic rings. The quantitative estimate of drug-likeness (QED) is 0.838. The predicted octanol–water partition coefficient (Wildman–Crippen LogP) is 2.69. The zero-order valence-corrected chi connectivity index (χ0v) is 11.9. The Kier molecular flexibility index (Phi) is 5.25. The normalized spacial score (nSPS) is 12.9. The number of ether oxygens (including phenoxy) is 2. The summed E-state index contributed by atoms with van der Waals surface area (Å²) in [6.07, 6.45) is -2.35. The van der Waals surface area contributed by atoms with Crippen LogP contribution in [0.5, 0.6) is 5.75 Å². The van der Waals surface area contributed by atoms with Gasteiger partial charge in [0.25, 0.3) is 0 Å². The Morgan fingerprint density at radius 3 is 2.68 bits per heavy atom. The van der Waals surface area contributed by atoms with E-state index in [1.807, 2.05) is 0 Å². The smallest absolute Gasteiger partial charge is 0.380 e. The molecule has 4 nitrogen and oxygen atoms in total. The summed E-state index contributed by atoms with van der Waals surface area (Å²) in [4.78, 5) is 11.2. The summed E-state index contributed by atoms with van der Waals surface area (Å²) in [7, 11) is 1.28. The number of esters is 1. The molecule has 0 amide bonds. The molecule has 1 aromatic carbocycles. The van der Waals surface area contributed by atoms with Crippen molar-refractivity contribution in [2.24, 2.45) is 0 Å². The van der Waals surface area contributed by atoms with E-state index in [1.165, 1.54) is 26.2 Å². The van der Waals surface area contributed by atoms with Crippen LogP contribution >= 0.6 is 15.9 Å². The molecule has 0 fully saturated rings. The molecular weight excluding hydrogens is 326 g/mol. The van der Waals surface area contributed by atoms with Gasteiger partial charge >= 0.3 is 11.9 Å². The van der Waals surface area contributed by atoms with Crippen molar-refractivity contribution < 1.29 is 28.2 Å². The molecule has 7 heteroatoms. The standard InChI is InChI=1S/C12H13BrF2O4/c1-3-19-11(17)12(14,15)10(16)8-6-7(13)4-5-9(8)18-2/h4-6,10,16H,3H2,1-2H3. The molecule has 0 heterocycles. The lowest BCUT2D eigenvalue weighted by Gasteiger charge is -2.22. The monoisotopic (exact) mass is 338 g/mol. The first-order chi connectivity index (χ1) is 8.84. The predicted molar refractivity (Wildman–Crippen MR) is 67.2 cm³/mol. The second-order valence-electron chi connectivity index (χ2n) is 3.63. The summed E-state index contributed by atoms with van der Waals surface area (Å²) >= 11 is 3.10. The molecule has 0 aliphatic heterocycles.